The summed E-state index contributed by atoms with van der Waals surface area (Å²) in [4.78, 5) is 73.1. The van der Waals surface area contributed by atoms with E-state index < -0.39 is 97.5 Å². The Hall–Kier alpha value is -1.94. The molecule has 0 aliphatic heterocycles. The monoisotopic (exact) mass is 1510 g/mol. The summed E-state index contributed by atoms with van der Waals surface area (Å²) in [5, 5.41) is 10.7. The number of hydrogen-bond acceptors (Lipinski definition) is 15. The third kappa shape index (κ3) is 78.0. The molecule has 0 spiro atoms. The Balaban J connectivity index is 5.20. The van der Waals surface area contributed by atoms with Gasteiger partial charge in [-0.2, -0.15) is 0 Å². The molecule has 0 aromatic heterocycles. The van der Waals surface area contributed by atoms with Gasteiger partial charge in [0, 0.05) is 25.7 Å². The molecule has 5 atom stereocenters. The first kappa shape index (κ1) is 101. The van der Waals surface area contributed by atoms with Gasteiger partial charge in [-0.15, -0.1) is 0 Å². The molecule has 0 fully saturated rings. The number of aliphatic hydroxyl groups is 1. The number of aliphatic hydroxyl groups excluding tert-OH is 1. The Morgan fingerprint density at radius 2 is 0.447 bits per heavy atom. The number of carbonyl (C=O) groups excluding carboxylic acids is 4. The molecule has 0 aliphatic rings. The van der Waals surface area contributed by atoms with Crippen molar-refractivity contribution in [1.29, 1.82) is 0 Å². The zero-order valence-electron chi connectivity index (χ0n) is 67.5. The zero-order valence-corrected chi connectivity index (χ0v) is 69.3. The predicted molar refractivity (Wildman–Crippen MR) is 423 cm³/mol. The summed E-state index contributed by atoms with van der Waals surface area (Å²) in [7, 11) is -9.92. The summed E-state index contributed by atoms with van der Waals surface area (Å²) in [6, 6.07) is 0. The predicted octanol–water partition coefficient (Wildman–Crippen LogP) is 25.6. The molecule has 0 radical (unpaired) electrons. The second kappa shape index (κ2) is 76.8. The standard InChI is InChI=1S/C84H164O17P2/c1-6-9-12-15-18-21-23-25-27-29-30-31-32-34-36-40-44-49-54-59-64-69-83(88)101-80(74-95-82(87)68-63-58-53-48-43-39-35-33-28-26-24-22-19-16-13-10-7-2)76-99-103(92,93)97-72-78(85)71-96-102(90,91)98-75-79(73-94-81(86)67-62-57-52-46-20-17-14-11-8-3)100-84(89)70-65-60-55-50-45-41-37-38-42-47-51-56-61-66-77(4)5/h77-80,85H,6-76H2,1-5H3,(H,90,91)(H,92,93)/t78-,79+,80+/m0/s1. The van der Waals surface area contributed by atoms with E-state index in [9.17, 15) is 43.2 Å². The van der Waals surface area contributed by atoms with Crippen molar-refractivity contribution in [2.45, 2.75) is 470 Å². The van der Waals surface area contributed by atoms with E-state index in [1.54, 1.807) is 0 Å². The lowest BCUT2D eigenvalue weighted by Gasteiger charge is -2.21. The van der Waals surface area contributed by atoms with E-state index in [0.29, 0.717) is 25.7 Å². The van der Waals surface area contributed by atoms with Gasteiger partial charge in [-0.05, 0) is 31.6 Å². The summed E-state index contributed by atoms with van der Waals surface area (Å²) >= 11 is 0. The molecule has 2 unspecified atom stereocenters. The van der Waals surface area contributed by atoms with Crippen LogP contribution in [0.2, 0.25) is 0 Å². The minimum Gasteiger partial charge on any atom is -0.462 e. The number of esters is 4. The van der Waals surface area contributed by atoms with Gasteiger partial charge in [0.15, 0.2) is 12.2 Å². The average Bonchev–Trinajstić information content (AvgIpc) is 0.909. The van der Waals surface area contributed by atoms with E-state index in [1.807, 2.05) is 0 Å². The van der Waals surface area contributed by atoms with Gasteiger partial charge in [0.25, 0.3) is 0 Å². The Bertz CT molecular complexity index is 1960. The number of rotatable bonds is 84. The van der Waals surface area contributed by atoms with Gasteiger partial charge in [-0.1, -0.05) is 401 Å². The SMILES string of the molecule is CCCCCCCCCCCCCCCCCCCCCCCC(=O)O[C@H](COC(=O)CCCCCCCCCCCCCCCCCCC)COP(=O)(O)OC[C@@H](O)COP(=O)(O)OC[C@@H](COC(=O)CCCCCCCCCCC)OC(=O)CCCCCCCCCCCCCCCC(C)C. The Morgan fingerprint density at radius 1 is 0.262 bits per heavy atom. The van der Waals surface area contributed by atoms with E-state index >= 15 is 0 Å². The van der Waals surface area contributed by atoms with Crippen molar-refractivity contribution in [2.24, 2.45) is 5.92 Å². The molecule has 612 valence electrons. The molecule has 0 amide bonds. The van der Waals surface area contributed by atoms with Gasteiger partial charge in [-0.25, -0.2) is 9.13 Å². The molecule has 0 aliphatic carbocycles. The van der Waals surface area contributed by atoms with Crippen LogP contribution in [0.5, 0.6) is 0 Å². The van der Waals surface area contributed by atoms with Gasteiger partial charge in [0.2, 0.25) is 0 Å². The topological polar surface area (TPSA) is 237 Å². The van der Waals surface area contributed by atoms with Crippen LogP contribution in [0.4, 0.5) is 0 Å². The first-order valence-electron chi connectivity index (χ1n) is 43.6. The highest BCUT2D eigenvalue weighted by Gasteiger charge is 2.30. The van der Waals surface area contributed by atoms with Crippen LogP contribution in [0.15, 0.2) is 0 Å². The molecule has 0 aromatic carbocycles. The number of phosphoric acid groups is 2. The van der Waals surface area contributed by atoms with Crippen molar-refractivity contribution in [2.75, 3.05) is 39.6 Å². The first-order chi connectivity index (χ1) is 50.0. The van der Waals surface area contributed by atoms with Gasteiger partial charge < -0.3 is 33.8 Å². The molecular formula is C84H164O17P2. The molecular weight excluding hydrogens is 1340 g/mol. The third-order valence-electron chi connectivity index (χ3n) is 19.8. The molecule has 0 rings (SSSR count). The van der Waals surface area contributed by atoms with Crippen LogP contribution in [-0.4, -0.2) is 96.7 Å². The normalized spacial score (nSPS) is 13.8. The van der Waals surface area contributed by atoms with Crippen LogP contribution < -0.4 is 0 Å². The maximum absolute atomic E-state index is 13.1. The van der Waals surface area contributed by atoms with Crippen LogP contribution in [0.1, 0.15) is 452 Å². The largest absolute Gasteiger partial charge is 0.472 e. The summed E-state index contributed by atoms with van der Waals surface area (Å²) < 4.78 is 68.8. The second-order valence-electron chi connectivity index (χ2n) is 30.7. The summed E-state index contributed by atoms with van der Waals surface area (Å²) in [5.74, 6) is -1.32. The highest BCUT2D eigenvalue weighted by molar-refractivity contribution is 7.47. The van der Waals surface area contributed by atoms with E-state index in [2.05, 4.69) is 34.6 Å². The number of carbonyl (C=O) groups is 4. The fraction of sp³-hybridized carbons (Fsp3) is 0.952. The van der Waals surface area contributed by atoms with Crippen LogP contribution in [-0.2, 0) is 65.4 Å². The lowest BCUT2D eigenvalue weighted by Crippen LogP contribution is -2.30. The second-order valence-corrected chi connectivity index (χ2v) is 33.6. The van der Waals surface area contributed by atoms with E-state index in [-0.39, 0.29) is 25.7 Å². The fourth-order valence-corrected chi connectivity index (χ4v) is 14.7. The minimum atomic E-state index is -4.96. The molecule has 0 saturated heterocycles. The number of ether oxygens (including phenoxy) is 4. The zero-order chi connectivity index (χ0) is 75.5. The molecule has 0 heterocycles. The molecule has 0 bridgehead atoms. The van der Waals surface area contributed by atoms with Gasteiger partial charge in [0.1, 0.15) is 19.3 Å². The van der Waals surface area contributed by atoms with Crippen molar-refractivity contribution in [3.8, 4) is 0 Å². The van der Waals surface area contributed by atoms with Crippen LogP contribution in [0, 0.1) is 5.92 Å². The number of hydrogen-bond donors (Lipinski definition) is 3. The van der Waals surface area contributed by atoms with Gasteiger partial charge in [-0.3, -0.25) is 37.3 Å². The van der Waals surface area contributed by atoms with E-state index in [0.717, 1.165) is 95.8 Å². The van der Waals surface area contributed by atoms with E-state index in [1.165, 1.54) is 276 Å². The summed E-state index contributed by atoms with van der Waals surface area (Å²) in [6.45, 7) is 7.35. The highest BCUT2D eigenvalue weighted by atomic mass is 31.2. The smallest absolute Gasteiger partial charge is 0.462 e. The molecule has 17 nitrogen and oxygen atoms in total. The molecule has 3 N–H and O–H groups in total. The summed E-state index contributed by atoms with van der Waals surface area (Å²) in [5.41, 5.74) is 0. The van der Waals surface area contributed by atoms with Crippen molar-refractivity contribution >= 4 is 39.5 Å². The van der Waals surface area contributed by atoms with Gasteiger partial charge in [0.05, 0.1) is 26.4 Å². The maximum atomic E-state index is 13.1. The quantitative estimate of drug-likeness (QED) is 0.0222. The van der Waals surface area contributed by atoms with Crippen molar-refractivity contribution < 1.29 is 80.2 Å². The molecule has 0 aromatic rings. The molecule has 0 saturated carbocycles. The number of unbranched alkanes of at least 4 members (excludes halogenated alkanes) is 56. The third-order valence-corrected chi connectivity index (χ3v) is 21.7. The Kier molecular flexibility index (Phi) is 75.4. The fourth-order valence-electron chi connectivity index (χ4n) is 13.1. The highest BCUT2D eigenvalue weighted by Crippen LogP contribution is 2.45. The molecule has 103 heavy (non-hydrogen) atoms. The van der Waals surface area contributed by atoms with Crippen LogP contribution >= 0.6 is 15.6 Å². The van der Waals surface area contributed by atoms with Crippen LogP contribution in [0.25, 0.3) is 0 Å². The first-order valence-corrected chi connectivity index (χ1v) is 46.6. The number of phosphoric ester groups is 2. The maximum Gasteiger partial charge on any atom is 0.472 e. The van der Waals surface area contributed by atoms with E-state index in [4.69, 9.17) is 37.0 Å². The lowest BCUT2D eigenvalue weighted by atomic mass is 10.0. The summed E-state index contributed by atoms with van der Waals surface area (Å²) in [6.07, 6.45) is 69.5. The average molecular weight is 1510 g/mol. The minimum absolute atomic E-state index is 0.108. The Morgan fingerprint density at radius 3 is 0.660 bits per heavy atom. The van der Waals surface area contributed by atoms with Crippen molar-refractivity contribution in [1.82, 2.24) is 0 Å². The van der Waals surface area contributed by atoms with Crippen molar-refractivity contribution in [3.63, 3.8) is 0 Å². The van der Waals surface area contributed by atoms with Crippen LogP contribution in [0.3, 0.4) is 0 Å². The lowest BCUT2D eigenvalue weighted by molar-refractivity contribution is -0.161. The Labute approximate surface area is 632 Å². The molecule has 19 heteroatoms. The van der Waals surface area contributed by atoms with Crippen molar-refractivity contribution in [3.05, 3.63) is 0 Å². The van der Waals surface area contributed by atoms with Gasteiger partial charge >= 0.3 is 39.5 Å².